The third-order valence-corrected chi connectivity index (χ3v) is 6.35. The number of benzene rings is 1. The summed E-state index contributed by atoms with van der Waals surface area (Å²) in [7, 11) is 1.49. The monoisotopic (exact) mass is 431 g/mol. The molecule has 2 atom stereocenters. The number of ether oxygens (including phenoxy) is 2. The highest BCUT2D eigenvalue weighted by Crippen LogP contribution is 2.39. The van der Waals surface area contributed by atoms with E-state index in [1.807, 2.05) is 53.4 Å². The Balaban J connectivity index is 1.42. The van der Waals surface area contributed by atoms with Crippen LogP contribution in [0.4, 0.5) is 0 Å². The Morgan fingerprint density at radius 2 is 1.75 bits per heavy atom. The summed E-state index contributed by atoms with van der Waals surface area (Å²) in [6.45, 7) is 0. The molecule has 0 N–H and O–H groups in total. The van der Waals surface area contributed by atoms with Gasteiger partial charge in [-0.15, -0.1) is 0 Å². The second kappa shape index (κ2) is 8.49. The van der Waals surface area contributed by atoms with Crippen molar-refractivity contribution in [3.8, 4) is 17.3 Å². The van der Waals surface area contributed by atoms with E-state index in [-0.39, 0.29) is 29.7 Å². The zero-order valence-corrected chi connectivity index (χ0v) is 17.9. The first-order valence-corrected chi connectivity index (χ1v) is 10.9. The zero-order valence-electron chi connectivity index (χ0n) is 17.9. The summed E-state index contributed by atoms with van der Waals surface area (Å²) in [5, 5.41) is 0. The molecule has 0 aliphatic carbocycles. The van der Waals surface area contributed by atoms with E-state index in [1.54, 1.807) is 12.4 Å². The van der Waals surface area contributed by atoms with Crippen LogP contribution in [0.25, 0.3) is 5.69 Å². The van der Waals surface area contributed by atoms with Gasteiger partial charge in [-0.3, -0.25) is 14.2 Å². The van der Waals surface area contributed by atoms with Crippen molar-refractivity contribution in [3.63, 3.8) is 0 Å². The summed E-state index contributed by atoms with van der Waals surface area (Å²) in [6, 6.07) is 16.5. The molecule has 2 bridgehead atoms. The molecule has 2 aliphatic rings. The molecule has 1 aromatic carbocycles. The number of pyridine rings is 2. The highest BCUT2D eigenvalue weighted by Gasteiger charge is 2.45. The summed E-state index contributed by atoms with van der Waals surface area (Å²) in [4.78, 5) is 32.6. The van der Waals surface area contributed by atoms with Crippen LogP contribution in [0.5, 0.6) is 11.6 Å². The van der Waals surface area contributed by atoms with Gasteiger partial charge in [0, 0.05) is 55.1 Å². The van der Waals surface area contributed by atoms with Crippen LogP contribution in [-0.4, -0.2) is 45.7 Å². The third-order valence-electron chi connectivity index (χ3n) is 6.35. The van der Waals surface area contributed by atoms with Crippen molar-refractivity contribution < 1.29 is 14.3 Å². The van der Waals surface area contributed by atoms with Crippen LogP contribution in [0.3, 0.4) is 0 Å². The molecule has 2 aliphatic heterocycles. The Morgan fingerprint density at radius 1 is 1.03 bits per heavy atom. The maximum atomic E-state index is 13.7. The summed E-state index contributed by atoms with van der Waals surface area (Å²) >= 11 is 0. The maximum absolute atomic E-state index is 13.7. The molecule has 164 valence electrons. The summed E-state index contributed by atoms with van der Waals surface area (Å²) in [6.07, 6.45) is 6.77. The molecule has 1 amide bonds. The minimum absolute atomic E-state index is 0.0339. The van der Waals surface area contributed by atoms with E-state index in [1.165, 1.54) is 17.7 Å². The molecule has 3 aromatic rings. The van der Waals surface area contributed by atoms with Crippen LogP contribution in [0, 0.1) is 0 Å². The molecule has 7 heteroatoms. The fraction of sp³-hybridized carbons (Fsp3) is 0.320. The first-order chi connectivity index (χ1) is 15.6. The van der Waals surface area contributed by atoms with Gasteiger partial charge in [0.15, 0.2) is 0 Å². The number of piperidine rings is 1. The van der Waals surface area contributed by atoms with Crippen LogP contribution < -0.4 is 15.0 Å². The van der Waals surface area contributed by atoms with Crippen molar-refractivity contribution in [2.45, 2.75) is 43.9 Å². The SMILES string of the molecule is COc1cc(=O)n(-c2ccccc2)cc1C(=O)N1[C@H]2CC[C@H]1CC(Oc1ccccn1)C2. The number of amides is 1. The minimum Gasteiger partial charge on any atom is -0.496 e. The molecule has 2 fully saturated rings. The van der Waals surface area contributed by atoms with Gasteiger partial charge in [0.2, 0.25) is 5.88 Å². The molecule has 32 heavy (non-hydrogen) atoms. The number of aromatic nitrogens is 2. The lowest BCUT2D eigenvalue weighted by atomic mass is 9.98. The van der Waals surface area contributed by atoms with E-state index >= 15 is 0 Å². The van der Waals surface area contributed by atoms with Crippen molar-refractivity contribution in [3.05, 3.63) is 82.9 Å². The van der Waals surface area contributed by atoms with E-state index in [0.29, 0.717) is 22.9 Å². The molecular weight excluding hydrogens is 406 g/mol. The number of para-hydroxylation sites is 1. The number of hydrogen-bond donors (Lipinski definition) is 0. The lowest BCUT2D eigenvalue weighted by Gasteiger charge is -2.39. The number of carbonyl (C=O) groups excluding carboxylic acids is 1. The second-order valence-electron chi connectivity index (χ2n) is 8.28. The van der Waals surface area contributed by atoms with Crippen LogP contribution in [0.1, 0.15) is 36.0 Å². The number of carbonyl (C=O) groups is 1. The van der Waals surface area contributed by atoms with Crippen molar-refractivity contribution in [1.82, 2.24) is 14.5 Å². The van der Waals surface area contributed by atoms with Gasteiger partial charge < -0.3 is 14.4 Å². The molecule has 7 nitrogen and oxygen atoms in total. The maximum Gasteiger partial charge on any atom is 0.259 e. The van der Waals surface area contributed by atoms with Crippen molar-refractivity contribution in [2.75, 3.05) is 7.11 Å². The van der Waals surface area contributed by atoms with Crippen molar-refractivity contribution in [2.24, 2.45) is 0 Å². The molecule has 0 radical (unpaired) electrons. The Labute approximate surface area is 186 Å². The molecular formula is C25H25N3O4. The summed E-state index contributed by atoms with van der Waals surface area (Å²) in [5.41, 5.74) is 0.867. The predicted octanol–water partition coefficient (Wildman–Crippen LogP) is 3.46. The Bertz CT molecular complexity index is 1150. The van der Waals surface area contributed by atoms with E-state index in [0.717, 1.165) is 25.7 Å². The highest BCUT2D eigenvalue weighted by molar-refractivity contribution is 5.97. The topological polar surface area (TPSA) is 73.7 Å². The number of fused-ring (bicyclic) bond motifs is 2. The van der Waals surface area contributed by atoms with Crippen LogP contribution in [0.15, 0.2) is 71.8 Å². The summed E-state index contributed by atoms with van der Waals surface area (Å²) < 4.78 is 13.0. The van der Waals surface area contributed by atoms with Crippen molar-refractivity contribution >= 4 is 5.91 Å². The first-order valence-electron chi connectivity index (χ1n) is 10.9. The fourth-order valence-electron chi connectivity index (χ4n) is 4.92. The highest BCUT2D eigenvalue weighted by atomic mass is 16.5. The molecule has 0 unspecified atom stereocenters. The Morgan fingerprint density at radius 3 is 2.41 bits per heavy atom. The quantitative estimate of drug-likeness (QED) is 0.619. The number of nitrogens with zero attached hydrogens (tertiary/aromatic N) is 3. The Kier molecular flexibility index (Phi) is 5.39. The molecule has 2 saturated heterocycles. The normalized spacial score (nSPS) is 21.9. The van der Waals surface area contributed by atoms with Gasteiger partial charge in [0.25, 0.3) is 11.5 Å². The van der Waals surface area contributed by atoms with E-state index < -0.39 is 0 Å². The van der Waals surface area contributed by atoms with Gasteiger partial charge >= 0.3 is 0 Å². The Hall–Kier alpha value is -3.61. The van der Waals surface area contributed by atoms with Crippen LogP contribution >= 0.6 is 0 Å². The fourth-order valence-corrected chi connectivity index (χ4v) is 4.92. The van der Waals surface area contributed by atoms with Gasteiger partial charge in [-0.1, -0.05) is 24.3 Å². The predicted molar refractivity (Wildman–Crippen MR) is 119 cm³/mol. The molecule has 4 heterocycles. The summed E-state index contributed by atoms with van der Waals surface area (Å²) in [5.74, 6) is 0.821. The lowest BCUT2D eigenvalue weighted by molar-refractivity contribution is 0.0345. The van der Waals surface area contributed by atoms with Crippen molar-refractivity contribution in [1.29, 1.82) is 0 Å². The number of methoxy groups -OCH3 is 1. The standard InChI is InChI=1S/C25H25N3O4/c1-31-22-15-24(29)27(17-7-3-2-4-8-17)16-21(22)25(30)28-18-10-11-19(28)14-20(13-18)32-23-9-5-6-12-26-23/h2-9,12,15-16,18-20H,10-11,13-14H2,1H3/t18-,19-/m0/s1. The molecule has 0 saturated carbocycles. The average Bonchev–Trinajstić information content (AvgIpc) is 3.09. The lowest BCUT2D eigenvalue weighted by Crippen LogP contribution is -2.49. The third kappa shape index (κ3) is 3.75. The van der Waals surface area contributed by atoms with E-state index in [4.69, 9.17) is 9.47 Å². The molecule has 2 aromatic heterocycles. The smallest absolute Gasteiger partial charge is 0.259 e. The van der Waals surface area contributed by atoms with Gasteiger partial charge in [0.1, 0.15) is 11.9 Å². The van der Waals surface area contributed by atoms with Crippen LogP contribution in [0.2, 0.25) is 0 Å². The van der Waals surface area contributed by atoms with Gasteiger partial charge in [0.05, 0.1) is 12.7 Å². The van der Waals surface area contributed by atoms with Gasteiger partial charge in [-0.25, -0.2) is 4.98 Å². The van der Waals surface area contributed by atoms with E-state index in [2.05, 4.69) is 4.98 Å². The van der Waals surface area contributed by atoms with Crippen LogP contribution in [-0.2, 0) is 0 Å². The van der Waals surface area contributed by atoms with Gasteiger partial charge in [-0.2, -0.15) is 0 Å². The molecule has 5 rings (SSSR count). The zero-order chi connectivity index (χ0) is 22.1. The second-order valence-corrected chi connectivity index (χ2v) is 8.28. The van der Waals surface area contributed by atoms with E-state index in [9.17, 15) is 9.59 Å². The number of rotatable bonds is 5. The largest absolute Gasteiger partial charge is 0.496 e. The minimum atomic E-state index is -0.241. The first kappa shape index (κ1) is 20.3. The average molecular weight is 431 g/mol. The van der Waals surface area contributed by atoms with Gasteiger partial charge in [-0.05, 0) is 31.0 Å². The molecule has 0 spiro atoms. The number of hydrogen-bond acceptors (Lipinski definition) is 5.